The highest BCUT2D eigenvalue weighted by Gasteiger charge is 2.30. The van der Waals surface area contributed by atoms with Crippen molar-refractivity contribution in [3.8, 4) is 0 Å². The maximum absolute atomic E-state index is 11.8. The number of esters is 1. The van der Waals surface area contributed by atoms with Crippen molar-refractivity contribution >= 4 is 5.97 Å². The van der Waals surface area contributed by atoms with E-state index in [4.69, 9.17) is 4.74 Å². The molecule has 0 bridgehead atoms. The van der Waals surface area contributed by atoms with Gasteiger partial charge in [-0.15, -0.1) is 0 Å². The van der Waals surface area contributed by atoms with Crippen LogP contribution in [-0.4, -0.2) is 18.6 Å². The zero-order valence-corrected chi connectivity index (χ0v) is 13.0. The second-order valence-electron chi connectivity index (χ2n) is 5.88. The Hall–Kier alpha value is -2.13. The lowest BCUT2D eigenvalue weighted by Gasteiger charge is -2.24. The van der Waals surface area contributed by atoms with Crippen molar-refractivity contribution in [1.29, 1.82) is 0 Å². The van der Waals surface area contributed by atoms with Crippen LogP contribution < -0.4 is 5.32 Å². The number of hydrogen-bond acceptors (Lipinski definition) is 3. The van der Waals surface area contributed by atoms with Crippen molar-refractivity contribution in [1.82, 2.24) is 5.32 Å². The van der Waals surface area contributed by atoms with E-state index in [-0.39, 0.29) is 18.1 Å². The van der Waals surface area contributed by atoms with Crippen LogP contribution in [0.15, 0.2) is 48.5 Å². The highest BCUT2D eigenvalue weighted by Crippen LogP contribution is 2.27. The lowest BCUT2D eigenvalue weighted by atomic mass is 9.93. The summed E-state index contributed by atoms with van der Waals surface area (Å²) in [4.78, 5) is 11.8. The van der Waals surface area contributed by atoms with Crippen molar-refractivity contribution in [2.75, 3.05) is 6.61 Å². The van der Waals surface area contributed by atoms with E-state index in [0.717, 1.165) is 12.0 Å². The molecular weight excluding hydrogens is 274 g/mol. The van der Waals surface area contributed by atoms with Gasteiger partial charge in [0.1, 0.15) is 6.04 Å². The van der Waals surface area contributed by atoms with E-state index >= 15 is 0 Å². The molecular formula is C19H21NO2. The fourth-order valence-corrected chi connectivity index (χ4v) is 3.01. The number of ether oxygens (including phenoxy) is 1. The minimum Gasteiger partial charge on any atom is -0.464 e. The van der Waals surface area contributed by atoms with E-state index in [0.29, 0.717) is 6.61 Å². The Labute approximate surface area is 131 Å². The minimum absolute atomic E-state index is 0.00236. The summed E-state index contributed by atoms with van der Waals surface area (Å²) in [6.07, 6.45) is 0.729. The Morgan fingerprint density at radius 1 is 1.14 bits per heavy atom. The van der Waals surface area contributed by atoms with E-state index in [2.05, 4.69) is 49.5 Å². The predicted octanol–water partition coefficient (Wildman–Crippen LogP) is 3.30. The molecule has 0 amide bonds. The lowest BCUT2D eigenvalue weighted by Crippen LogP contribution is -2.37. The molecule has 22 heavy (non-hydrogen) atoms. The fraction of sp³-hybridized carbons (Fsp3) is 0.316. The first-order valence-electron chi connectivity index (χ1n) is 7.70. The number of nitrogens with one attached hydrogen (secondary N) is 1. The van der Waals surface area contributed by atoms with Crippen LogP contribution in [0, 0.1) is 13.8 Å². The van der Waals surface area contributed by atoms with Crippen molar-refractivity contribution in [2.45, 2.75) is 32.4 Å². The molecule has 114 valence electrons. The number of hydrogen-bond donors (Lipinski definition) is 1. The largest absolute Gasteiger partial charge is 0.464 e. The molecule has 3 nitrogen and oxygen atoms in total. The van der Waals surface area contributed by atoms with Gasteiger partial charge in [0.15, 0.2) is 0 Å². The van der Waals surface area contributed by atoms with Gasteiger partial charge in [0.05, 0.1) is 12.6 Å². The second-order valence-corrected chi connectivity index (χ2v) is 5.88. The molecule has 3 rings (SSSR count). The van der Waals surface area contributed by atoms with Crippen molar-refractivity contribution in [3.63, 3.8) is 0 Å². The average Bonchev–Trinajstić information content (AvgIpc) is 2.92. The minimum atomic E-state index is -0.231. The normalized spacial score (nSPS) is 19.0. The van der Waals surface area contributed by atoms with Crippen LogP contribution in [0.5, 0.6) is 0 Å². The summed E-state index contributed by atoms with van der Waals surface area (Å²) in [6, 6.07) is 16.5. The van der Waals surface area contributed by atoms with E-state index < -0.39 is 0 Å². The summed E-state index contributed by atoms with van der Waals surface area (Å²) in [5, 5.41) is 3.48. The Bertz CT molecular complexity index is 666. The SMILES string of the molecule is Cc1ccc(C(NC2CCOC2=O)c2ccccc2)c(C)c1. The second kappa shape index (κ2) is 6.32. The van der Waals surface area contributed by atoms with Crippen LogP contribution in [0.2, 0.25) is 0 Å². The van der Waals surface area contributed by atoms with Gasteiger partial charge in [0, 0.05) is 6.42 Å². The van der Waals surface area contributed by atoms with E-state index in [1.165, 1.54) is 16.7 Å². The summed E-state index contributed by atoms with van der Waals surface area (Å²) >= 11 is 0. The number of benzene rings is 2. The first-order valence-corrected chi connectivity index (χ1v) is 7.70. The lowest BCUT2D eigenvalue weighted by molar-refractivity contribution is -0.139. The Kier molecular flexibility index (Phi) is 4.25. The van der Waals surface area contributed by atoms with Crippen LogP contribution in [0.25, 0.3) is 0 Å². The third-order valence-corrected chi connectivity index (χ3v) is 4.17. The van der Waals surface area contributed by atoms with E-state index in [1.54, 1.807) is 0 Å². The number of rotatable bonds is 4. The summed E-state index contributed by atoms with van der Waals surface area (Å²) < 4.78 is 5.09. The van der Waals surface area contributed by atoms with Gasteiger partial charge in [0.2, 0.25) is 0 Å². The molecule has 2 aromatic rings. The van der Waals surface area contributed by atoms with E-state index in [9.17, 15) is 4.79 Å². The van der Waals surface area contributed by atoms with Gasteiger partial charge in [-0.1, -0.05) is 54.1 Å². The first kappa shape index (κ1) is 14.8. The van der Waals surface area contributed by atoms with Gasteiger partial charge >= 0.3 is 5.97 Å². The van der Waals surface area contributed by atoms with Crippen LogP contribution in [-0.2, 0) is 9.53 Å². The molecule has 2 atom stereocenters. The monoisotopic (exact) mass is 295 g/mol. The van der Waals surface area contributed by atoms with Gasteiger partial charge in [-0.25, -0.2) is 0 Å². The highest BCUT2D eigenvalue weighted by atomic mass is 16.5. The maximum Gasteiger partial charge on any atom is 0.323 e. The highest BCUT2D eigenvalue weighted by molar-refractivity contribution is 5.77. The zero-order chi connectivity index (χ0) is 15.5. The van der Waals surface area contributed by atoms with Gasteiger partial charge in [-0.3, -0.25) is 10.1 Å². The molecule has 2 aromatic carbocycles. The van der Waals surface area contributed by atoms with Crippen molar-refractivity contribution < 1.29 is 9.53 Å². The van der Waals surface area contributed by atoms with Gasteiger partial charge in [-0.05, 0) is 30.5 Å². The predicted molar refractivity (Wildman–Crippen MR) is 86.7 cm³/mol. The molecule has 0 saturated carbocycles. The molecule has 0 aromatic heterocycles. The van der Waals surface area contributed by atoms with Gasteiger partial charge in [-0.2, -0.15) is 0 Å². The van der Waals surface area contributed by atoms with Crippen LogP contribution in [0.1, 0.15) is 34.7 Å². The van der Waals surface area contributed by atoms with E-state index in [1.807, 2.05) is 18.2 Å². The van der Waals surface area contributed by atoms with Crippen molar-refractivity contribution in [2.24, 2.45) is 0 Å². The summed E-state index contributed by atoms with van der Waals surface area (Å²) in [5.41, 5.74) is 4.84. The molecule has 1 aliphatic rings. The molecule has 1 heterocycles. The zero-order valence-electron chi connectivity index (χ0n) is 13.0. The molecule has 0 radical (unpaired) electrons. The standard InChI is InChI=1S/C19H21NO2/c1-13-8-9-16(14(2)12-13)18(15-6-4-3-5-7-15)20-17-10-11-22-19(17)21/h3-9,12,17-18,20H,10-11H2,1-2H3. The smallest absolute Gasteiger partial charge is 0.323 e. The van der Waals surface area contributed by atoms with Crippen LogP contribution in [0.4, 0.5) is 0 Å². The Balaban J connectivity index is 1.97. The molecule has 2 unspecified atom stereocenters. The van der Waals surface area contributed by atoms with Gasteiger partial charge < -0.3 is 4.74 Å². The Morgan fingerprint density at radius 2 is 1.91 bits per heavy atom. The molecule has 1 saturated heterocycles. The maximum atomic E-state index is 11.8. The van der Waals surface area contributed by atoms with Crippen LogP contribution >= 0.6 is 0 Å². The summed E-state index contributed by atoms with van der Waals surface area (Å²) in [6.45, 7) is 4.72. The number of carbonyl (C=O) groups excluding carboxylic acids is 1. The molecule has 1 N–H and O–H groups in total. The third-order valence-electron chi connectivity index (χ3n) is 4.17. The Morgan fingerprint density at radius 3 is 2.55 bits per heavy atom. The average molecular weight is 295 g/mol. The molecule has 0 aliphatic carbocycles. The molecule has 0 spiro atoms. The molecule has 3 heteroatoms. The summed E-state index contributed by atoms with van der Waals surface area (Å²) in [7, 11) is 0. The molecule has 1 fully saturated rings. The van der Waals surface area contributed by atoms with Crippen LogP contribution in [0.3, 0.4) is 0 Å². The summed E-state index contributed by atoms with van der Waals surface area (Å²) in [5.74, 6) is -0.148. The third kappa shape index (κ3) is 3.04. The number of cyclic esters (lactones) is 1. The van der Waals surface area contributed by atoms with Gasteiger partial charge in [0.25, 0.3) is 0 Å². The number of carbonyl (C=O) groups is 1. The topological polar surface area (TPSA) is 38.3 Å². The number of aryl methyl sites for hydroxylation is 2. The first-order chi connectivity index (χ1) is 10.6. The molecule has 1 aliphatic heterocycles. The fourth-order valence-electron chi connectivity index (χ4n) is 3.01. The van der Waals surface area contributed by atoms with Crippen molar-refractivity contribution in [3.05, 3.63) is 70.8 Å². The quantitative estimate of drug-likeness (QED) is 0.880.